The topological polar surface area (TPSA) is 107 Å². The lowest BCUT2D eigenvalue weighted by atomic mass is 9.99. The van der Waals surface area contributed by atoms with E-state index in [-0.39, 0.29) is 22.1 Å². The fourth-order valence-corrected chi connectivity index (χ4v) is 1.66. The monoisotopic (exact) mass is 300 g/mol. The van der Waals surface area contributed by atoms with Gasteiger partial charge in [-0.25, -0.2) is 0 Å². The normalized spacial score (nSPS) is 13.8. The van der Waals surface area contributed by atoms with Gasteiger partial charge in [-0.3, -0.25) is 10.1 Å². The Balaban J connectivity index is 3.18. The Labute approximate surface area is 105 Å². The van der Waals surface area contributed by atoms with Crippen LogP contribution in [-0.4, -0.2) is 26.6 Å². The number of hydrogen-bond donors (Lipinski definition) is 2. The van der Waals surface area contributed by atoms with Crippen molar-refractivity contribution in [3.8, 4) is 6.07 Å². The average molecular weight is 301 g/mol. The Bertz CT molecular complexity index is 472. The van der Waals surface area contributed by atoms with Crippen LogP contribution in [0.5, 0.6) is 0 Å². The number of hydrogen-bond acceptors (Lipinski definition) is 5. The van der Waals surface area contributed by atoms with E-state index in [1.54, 1.807) is 6.07 Å². The van der Waals surface area contributed by atoms with Crippen LogP contribution in [0.3, 0.4) is 0 Å². The summed E-state index contributed by atoms with van der Waals surface area (Å²) in [6.07, 6.45) is -2.34. The van der Waals surface area contributed by atoms with Crippen molar-refractivity contribution in [2.45, 2.75) is 12.2 Å². The van der Waals surface area contributed by atoms with Crippen LogP contribution in [0.15, 0.2) is 18.2 Å². The molecule has 0 spiro atoms. The van der Waals surface area contributed by atoms with E-state index in [9.17, 15) is 20.3 Å². The van der Waals surface area contributed by atoms with Crippen LogP contribution >= 0.6 is 15.9 Å². The highest BCUT2D eigenvalue weighted by Crippen LogP contribution is 2.25. The van der Waals surface area contributed by atoms with Crippen molar-refractivity contribution in [1.29, 1.82) is 5.26 Å². The summed E-state index contributed by atoms with van der Waals surface area (Å²) in [4.78, 5) is 9.89. The Hall–Kier alpha value is -1.49. The summed E-state index contributed by atoms with van der Waals surface area (Å²) in [5.41, 5.74) is -0.0809. The highest BCUT2D eigenvalue weighted by atomic mass is 79.9. The van der Waals surface area contributed by atoms with E-state index in [1.807, 2.05) is 0 Å². The minimum Gasteiger partial charge on any atom is -0.389 e. The maximum absolute atomic E-state index is 10.5. The molecule has 7 heteroatoms. The summed E-state index contributed by atoms with van der Waals surface area (Å²) < 4.78 is 0. The summed E-state index contributed by atoms with van der Waals surface area (Å²) in [6.45, 7) is 0. The zero-order valence-electron chi connectivity index (χ0n) is 8.58. The number of halogens is 1. The van der Waals surface area contributed by atoms with Gasteiger partial charge in [-0.1, -0.05) is 15.9 Å². The Morgan fingerprint density at radius 3 is 2.65 bits per heavy atom. The molecule has 2 atom stereocenters. The number of alkyl halides is 1. The van der Waals surface area contributed by atoms with Crippen LogP contribution in [0.2, 0.25) is 0 Å². The maximum atomic E-state index is 10.5. The Morgan fingerprint density at radius 1 is 1.53 bits per heavy atom. The molecule has 1 aromatic carbocycles. The molecule has 0 aliphatic heterocycles. The van der Waals surface area contributed by atoms with Gasteiger partial charge >= 0.3 is 0 Å². The zero-order valence-corrected chi connectivity index (χ0v) is 10.2. The number of benzene rings is 1. The molecule has 1 rings (SSSR count). The van der Waals surface area contributed by atoms with Crippen LogP contribution in [0.4, 0.5) is 5.69 Å². The SMILES string of the molecule is N#Cc1cc([N+](=O)[O-])ccc1C(O)C(O)CBr. The van der Waals surface area contributed by atoms with E-state index in [4.69, 9.17) is 5.26 Å². The van der Waals surface area contributed by atoms with Gasteiger partial charge in [-0.2, -0.15) is 5.26 Å². The van der Waals surface area contributed by atoms with Gasteiger partial charge in [0.1, 0.15) is 6.10 Å². The van der Waals surface area contributed by atoms with Crippen molar-refractivity contribution < 1.29 is 15.1 Å². The summed E-state index contributed by atoms with van der Waals surface area (Å²) in [5.74, 6) is 0. The molecule has 0 radical (unpaired) electrons. The van der Waals surface area contributed by atoms with E-state index in [0.29, 0.717) is 0 Å². The largest absolute Gasteiger partial charge is 0.389 e. The molecule has 0 heterocycles. The van der Waals surface area contributed by atoms with Crippen LogP contribution < -0.4 is 0 Å². The summed E-state index contributed by atoms with van der Waals surface area (Å²) >= 11 is 3.00. The molecule has 0 aliphatic rings. The summed E-state index contributed by atoms with van der Waals surface area (Å²) in [7, 11) is 0. The molecule has 2 unspecified atom stereocenters. The van der Waals surface area contributed by atoms with Gasteiger partial charge in [0.05, 0.1) is 22.7 Å². The lowest BCUT2D eigenvalue weighted by Gasteiger charge is -2.16. The maximum Gasteiger partial charge on any atom is 0.270 e. The van der Waals surface area contributed by atoms with E-state index in [0.717, 1.165) is 6.07 Å². The van der Waals surface area contributed by atoms with E-state index in [2.05, 4.69) is 15.9 Å². The smallest absolute Gasteiger partial charge is 0.270 e. The molecule has 0 saturated carbocycles. The van der Waals surface area contributed by atoms with Gasteiger partial charge in [-0.05, 0) is 6.07 Å². The molecule has 90 valence electrons. The van der Waals surface area contributed by atoms with Crippen LogP contribution in [0.1, 0.15) is 17.2 Å². The Kier molecular flexibility index (Phi) is 4.57. The van der Waals surface area contributed by atoms with Gasteiger partial charge in [0.15, 0.2) is 0 Å². The first-order valence-corrected chi connectivity index (χ1v) is 5.74. The van der Waals surface area contributed by atoms with E-state index < -0.39 is 17.1 Å². The lowest BCUT2D eigenvalue weighted by Crippen LogP contribution is -2.20. The fourth-order valence-electron chi connectivity index (χ4n) is 1.30. The molecular weight excluding hydrogens is 292 g/mol. The lowest BCUT2D eigenvalue weighted by molar-refractivity contribution is -0.384. The third-order valence-corrected chi connectivity index (χ3v) is 2.87. The predicted octanol–water partition coefficient (Wildman–Crippen LogP) is 1.26. The second-order valence-electron chi connectivity index (χ2n) is 3.31. The minimum atomic E-state index is -1.26. The zero-order chi connectivity index (χ0) is 13.0. The van der Waals surface area contributed by atoms with Crippen molar-refractivity contribution >= 4 is 21.6 Å². The molecule has 0 bridgehead atoms. The third-order valence-electron chi connectivity index (χ3n) is 2.21. The Morgan fingerprint density at radius 2 is 2.18 bits per heavy atom. The highest BCUT2D eigenvalue weighted by molar-refractivity contribution is 9.09. The number of nitro groups is 1. The van der Waals surface area contributed by atoms with Gasteiger partial charge in [0.2, 0.25) is 0 Å². The quantitative estimate of drug-likeness (QED) is 0.494. The first-order chi connectivity index (χ1) is 8.01. The number of non-ortho nitro benzene ring substituents is 1. The summed E-state index contributed by atoms with van der Waals surface area (Å²) in [5, 5.41) is 38.7. The molecule has 0 aromatic heterocycles. The molecule has 0 amide bonds. The molecule has 0 aliphatic carbocycles. The first-order valence-electron chi connectivity index (χ1n) is 4.61. The van der Waals surface area contributed by atoms with Gasteiger partial charge in [0, 0.05) is 23.0 Å². The molecule has 1 aromatic rings. The van der Waals surface area contributed by atoms with Crippen LogP contribution in [-0.2, 0) is 0 Å². The van der Waals surface area contributed by atoms with Crippen molar-refractivity contribution in [2.75, 3.05) is 5.33 Å². The molecule has 2 N–H and O–H groups in total. The van der Waals surface area contributed by atoms with Gasteiger partial charge in [-0.15, -0.1) is 0 Å². The van der Waals surface area contributed by atoms with E-state index in [1.165, 1.54) is 12.1 Å². The number of nitro benzene ring substituents is 1. The highest BCUT2D eigenvalue weighted by Gasteiger charge is 2.22. The second-order valence-corrected chi connectivity index (χ2v) is 3.95. The molecular formula is C10H9BrN2O4. The number of nitriles is 1. The minimum absolute atomic E-state index is 0.0216. The standard InChI is InChI=1S/C10H9BrN2O4/c11-4-9(14)10(15)8-2-1-7(13(16)17)3-6(8)5-12/h1-3,9-10,14-15H,4H2. The van der Waals surface area contributed by atoms with Crippen LogP contribution in [0, 0.1) is 21.4 Å². The molecule has 0 saturated heterocycles. The number of aliphatic hydroxyl groups excluding tert-OH is 2. The number of aliphatic hydroxyl groups is 2. The predicted molar refractivity (Wildman–Crippen MR) is 62.6 cm³/mol. The van der Waals surface area contributed by atoms with Crippen molar-refractivity contribution in [3.05, 3.63) is 39.4 Å². The van der Waals surface area contributed by atoms with E-state index >= 15 is 0 Å². The van der Waals surface area contributed by atoms with Crippen molar-refractivity contribution in [1.82, 2.24) is 0 Å². The van der Waals surface area contributed by atoms with Crippen LogP contribution in [0.25, 0.3) is 0 Å². The van der Waals surface area contributed by atoms with Crippen molar-refractivity contribution in [3.63, 3.8) is 0 Å². The fraction of sp³-hybridized carbons (Fsp3) is 0.300. The second kappa shape index (κ2) is 5.72. The number of rotatable bonds is 4. The number of nitrogens with zero attached hydrogens (tertiary/aromatic N) is 2. The molecule has 0 fully saturated rings. The van der Waals surface area contributed by atoms with Gasteiger partial charge in [0.25, 0.3) is 5.69 Å². The van der Waals surface area contributed by atoms with Gasteiger partial charge < -0.3 is 10.2 Å². The summed E-state index contributed by atoms with van der Waals surface area (Å²) in [6, 6.07) is 5.28. The molecule has 17 heavy (non-hydrogen) atoms. The van der Waals surface area contributed by atoms with Crippen molar-refractivity contribution in [2.24, 2.45) is 0 Å². The molecule has 6 nitrogen and oxygen atoms in total. The average Bonchev–Trinajstić information content (AvgIpc) is 2.35. The third kappa shape index (κ3) is 3.00. The first kappa shape index (κ1) is 13.6.